The number of phenolic OH excluding ortho intramolecular Hbond substituents is 2. The van der Waals surface area contributed by atoms with Crippen molar-refractivity contribution in [3.8, 4) is 28.4 Å². The number of nitrogens with one attached hydrogen (secondary N) is 2. The van der Waals surface area contributed by atoms with Gasteiger partial charge in [0.2, 0.25) is 0 Å². The number of ether oxygens (including phenoxy) is 1. The fraction of sp³-hybridized carbons (Fsp3) is 0.0417. The van der Waals surface area contributed by atoms with Crippen LogP contribution in [-0.4, -0.2) is 29.0 Å². The number of hydrogen-bond acceptors (Lipinski definition) is 11. The standard InChI is InChI=1S/C48H34N6O6/c1-59-35-19-15-32(16-20-35)54-60-27-30-23-28-9-5-7-13-36(28)43(45(30)55)52-50-33-17-21-38-39-22-18-34(26-41(39)46(56)40(38)25-33)51-53-44-37-14-8-6-10-29(37)24-42(47(44)57)48(58)49-31-11-3-2-4-12-31/h2-26,54-55,57H,27H2,1H3,(H,49,58). The summed E-state index contributed by atoms with van der Waals surface area (Å²) in [6.45, 7) is 0.0361. The molecule has 292 valence electrons. The SMILES string of the molecule is COc1ccc(NOCc2cc3ccccc3c(N=Nc3ccc4c(c3)C(=O)c3cc(N=Nc5c(O)c(C(=O)Nc6ccccc6)cc6ccccc56)ccc3-4)c2O)cc1. The fourth-order valence-electron chi connectivity index (χ4n) is 7.15. The third kappa shape index (κ3) is 7.25. The average molecular weight is 791 g/mol. The Morgan fingerprint density at radius 3 is 1.77 bits per heavy atom. The predicted molar refractivity (Wildman–Crippen MR) is 231 cm³/mol. The van der Waals surface area contributed by atoms with E-state index in [4.69, 9.17) is 9.57 Å². The van der Waals surface area contributed by atoms with E-state index in [-0.39, 0.29) is 40.8 Å². The molecule has 8 aromatic carbocycles. The lowest BCUT2D eigenvalue weighted by Gasteiger charge is -2.12. The molecule has 12 nitrogen and oxygen atoms in total. The molecule has 0 spiro atoms. The molecule has 0 saturated carbocycles. The van der Waals surface area contributed by atoms with Gasteiger partial charge in [0.15, 0.2) is 11.5 Å². The zero-order chi connectivity index (χ0) is 41.2. The number of carbonyl (C=O) groups is 2. The molecule has 0 fully saturated rings. The number of phenols is 2. The van der Waals surface area contributed by atoms with Gasteiger partial charge in [-0.25, -0.2) is 0 Å². The van der Waals surface area contributed by atoms with Gasteiger partial charge >= 0.3 is 0 Å². The lowest BCUT2D eigenvalue weighted by molar-refractivity contribution is 0.102. The first kappa shape index (κ1) is 37.4. The van der Waals surface area contributed by atoms with E-state index >= 15 is 0 Å². The van der Waals surface area contributed by atoms with Crippen molar-refractivity contribution >= 4 is 67.4 Å². The number of rotatable bonds is 11. The van der Waals surface area contributed by atoms with Gasteiger partial charge in [-0.2, -0.15) is 10.2 Å². The molecule has 9 rings (SSSR count). The van der Waals surface area contributed by atoms with E-state index in [1.165, 1.54) is 0 Å². The highest BCUT2D eigenvalue weighted by Crippen LogP contribution is 2.44. The lowest BCUT2D eigenvalue weighted by atomic mass is 10.0. The Hall–Kier alpha value is -8.22. The van der Waals surface area contributed by atoms with Crippen molar-refractivity contribution in [3.05, 3.63) is 174 Å². The maximum Gasteiger partial charge on any atom is 0.259 e. The van der Waals surface area contributed by atoms with Crippen molar-refractivity contribution < 1.29 is 29.4 Å². The van der Waals surface area contributed by atoms with Crippen LogP contribution in [0.25, 0.3) is 32.7 Å². The van der Waals surface area contributed by atoms with Gasteiger partial charge in [0.05, 0.1) is 29.7 Å². The van der Waals surface area contributed by atoms with Crippen LogP contribution in [0.3, 0.4) is 0 Å². The van der Waals surface area contributed by atoms with Gasteiger partial charge in [-0.05, 0) is 94.7 Å². The predicted octanol–water partition coefficient (Wildman–Crippen LogP) is 12.3. The molecule has 1 amide bonds. The summed E-state index contributed by atoms with van der Waals surface area (Å²) < 4.78 is 5.21. The molecule has 12 heteroatoms. The molecule has 60 heavy (non-hydrogen) atoms. The van der Waals surface area contributed by atoms with Gasteiger partial charge in [0.1, 0.15) is 29.5 Å². The maximum absolute atomic E-state index is 13.9. The number of hydrogen-bond donors (Lipinski definition) is 4. The summed E-state index contributed by atoms with van der Waals surface area (Å²) in [5.41, 5.74) is 8.24. The smallest absolute Gasteiger partial charge is 0.259 e. The van der Waals surface area contributed by atoms with Crippen molar-refractivity contribution in [2.45, 2.75) is 6.61 Å². The van der Waals surface area contributed by atoms with Crippen LogP contribution in [-0.2, 0) is 11.4 Å². The molecule has 0 atom stereocenters. The Bertz CT molecular complexity index is 3040. The van der Waals surface area contributed by atoms with Crippen molar-refractivity contribution in [2.75, 3.05) is 17.9 Å². The number of benzene rings is 8. The fourth-order valence-corrected chi connectivity index (χ4v) is 7.15. The molecule has 0 aliphatic heterocycles. The van der Waals surface area contributed by atoms with Crippen LogP contribution < -0.4 is 15.5 Å². The first-order chi connectivity index (χ1) is 29.3. The van der Waals surface area contributed by atoms with Crippen LogP contribution in [0, 0.1) is 0 Å². The van der Waals surface area contributed by atoms with E-state index < -0.39 is 5.91 Å². The summed E-state index contributed by atoms with van der Waals surface area (Å²) in [5, 5.41) is 46.1. The molecule has 0 unspecified atom stereocenters. The number of carbonyl (C=O) groups excluding carboxylic acids is 2. The van der Waals surface area contributed by atoms with Gasteiger partial charge in [-0.1, -0.05) is 78.9 Å². The van der Waals surface area contributed by atoms with E-state index in [1.54, 1.807) is 86.0 Å². The summed E-state index contributed by atoms with van der Waals surface area (Å²) >= 11 is 0. The number of ketones is 1. The summed E-state index contributed by atoms with van der Waals surface area (Å²) in [6.07, 6.45) is 0. The second-order valence-electron chi connectivity index (χ2n) is 13.9. The second kappa shape index (κ2) is 16.0. The molecule has 0 aromatic heterocycles. The number of para-hydroxylation sites is 1. The molecule has 0 saturated heterocycles. The van der Waals surface area contributed by atoms with Gasteiger partial charge in [0.25, 0.3) is 5.91 Å². The Morgan fingerprint density at radius 2 is 1.15 bits per heavy atom. The van der Waals surface area contributed by atoms with Crippen molar-refractivity contribution in [1.82, 2.24) is 0 Å². The molecule has 4 N–H and O–H groups in total. The third-order valence-electron chi connectivity index (χ3n) is 10.2. The van der Waals surface area contributed by atoms with Gasteiger partial charge in [-0.3, -0.25) is 19.9 Å². The van der Waals surface area contributed by atoms with E-state index in [9.17, 15) is 19.8 Å². The minimum absolute atomic E-state index is 0.0361. The van der Waals surface area contributed by atoms with Gasteiger partial charge < -0.3 is 20.3 Å². The number of nitrogens with zero attached hydrogens (tertiary/aromatic N) is 4. The van der Waals surface area contributed by atoms with Crippen LogP contribution in [0.2, 0.25) is 0 Å². The molecule has 0 heterocycles. The molecular weight excluding hydrogens is 757 g/mol. The number of anilines is 2. The second-order valence-corrected chi connectivity index (χ2v) is 13.9. The Labute approximate surface area is 343 Å². The Kier molecular flexibility index (Phi) is 9.94. The van der Waals surface area contributed by atoms with E-state index in [0.29, 0.717) is 55.6 Å². The van der Waals surface area contributed by atoms with E-state index in [2.05, 4.69) is 31.3 Å². The summed E-state index contributed by atoms with van der Waals surface area (Å²) in [7, 11) is 1.60. The topological polar surface area (TPSA) is 167 Å². The highest BCUT2D eigenvalue weighted by atomic mass is 16.6. The lowest BCUT2D eigenvalue weighted by Crippen LogP contribution is -2.12. The van der Waals surface area contributed by atoms with E-state index in [1.807, 2.05) is 72.8 Å². The first-order valence-corrected chi connectivity index (χ1v) is 18.9. The normalized spacial score (nSPS) is 12.0. The first-order valence-electron chi connectivity index (χ1n) is 18.9. The van der Waals surface area contributed by atoms with Crippen molar-refractivity contribution in [2.24, 2.45) is 20.5 Å². The maximum atomic E-state index is 13.9. The minimum atomic E-state index is -0.497. The Balaban J connectivity index is 0.960. The monoisotopic (exact) mass is 790 g/mol. The molecule has 1 aliphatic rings. The average Bonchev–Trinajstić information content (AvgIpc) is 3.56. The van der Waals surface area contributed by atoms with Crippen molar-refractivity contribution in [3.63, 3.8) is 0 Å². The summed E-state index contributed by atoms with van der Waals surface area (Å²) in [4.78, 5) is 32.8. The molecule has 1 aliphatic carbocycles. The Morgan fingerprint density at radius 1 is 0.583 bits per heavy atom. The number of fused-ring (bicyclic) bond motifs is 5. The zero-order valence-electron chi connectivity index (χ0n) is 32.0. The number of methoxy groups -OCH3 is 1. The van der Waals surface area contributed by atoms with Gasteiger partial charge in [-0.15, -0.1) is 10.2 Å². The molecule has 8 aromatic rings. The van der Waals surface area contributed by atoms with E-state index in [0.717, 1.165) is 22.3 Å². The zero-order valence-corrected chi connectivity index (χ0v) is 32.0. The van der Waals surface area contributed by atoms with Crippen LogP contribution in [0.15, 0.2) is 172 Å². The van der Waals surface area contributed by atoms with Crippen LogP contribution in [0.1, 0.15) is 31.8 Å². The summed E-state index contributed by atoms with van der Waals surface area (Å²) in [5.74, 6) is -0.401. The largest absolute Gasteiger partial charge is 0.505 e. The van der Waals surface area contributed by atoms with Crippen LogP contribution >= 0.6 is 0 Å². The number of azo groups is 2. The highest BCUT2D eigenvalue weighted by molar-refractivity contribution is 6.22. The number of amides is 1. The quantitative estimate of drug-likeness (QED) is 0.0747. The van der Waals surface area contributed by atoms with Crippen molar-refractivity contribution in [1.29, 1.82) is 0 Å². The van der Waals surface area contributed by atoms with Crippen LogP contribution in [0.5, 0.6) is 17.2 Å². The third-order valence-corrected chi connectivity index (χ3v) is 10.2. The molecule has 0 bridgehead atoms. The highest BCUT2D eigenvalue weighted by Gasteiger charge is 2.27. The van der Waals surface area contributed by atoms with Crippen LogP contribution in [0.4, 0.5) is 34.1 Å². The summed E-state index contributed by atoms with van der Waals surface area (Å²) in [6, 6.07) is 44.9. The number of aromatic hydroxyl groups is 2. The minimum Gasteiger partial charge on any atom is -0.505 e. The molecule has 0 radical (unpaired) electrons. The van der Waals surface area contributed by atoms with Gasteiger partial charge in [0, 0.05) is 33.2 Å². The molecular formula is C48H34N6O6.